The summed E-state index contributed by atoms with van der Waals surface area (Å²) in [4.78, 5) is 37.7. The van der Waals surface area contributed by atoms with E-state index in [0.717, 1.165) is 29.3 Å². The van der Waals surface area contributed by atoms with Gasteiger partial charge in [0.1, 0.15) is 0 Å². The predicted molar refractivity (Wildman–Crippen MR) is 96.7 cm³/mol. The summed E-state index contributed by atoms with van der Waals surface area (Å²) in [6, 6.07) is 6.90. The molecule has 0 radical (unpaired) electrons. The lowest BCUT2D eigenvalue weighted by Gasteiger charge is -2.23. The Bertz CT molecular complexity index is 618. The van der Waals surface area contributed by atoms with Gasteiger partial charge in [-0.1, -0.05) is 34.5 Å². The van der Waals surface area contributed by atoms with Gasteiger partial charge in [0.25, 0.3) is 0 Å². The average molecular weight is 411 g/mol. The molecule has 1 aromatic rings. The molecule has 25 heavy (non-hydrogen) atoms. The molecule has 0 saturated carbocycles. The molecule has 7 heteroatoms. The molecule has 1 aromatic carbocycles. The van der Waals surface area contributed by atoms with Gasteiger partial charge in [-0.25, -0.2) is 0 Å². The molecule has 1 aliphatic heterocycles. The summed E-state index contributed by atoms with van der Waals surface area (Å²) in [6.45, 7) is 0.624. The van der Waals surface area contributed by atoms with Crippen LogP contribution < -0.4 is 5.32 Å². The van der Waals surface area contributed by atoms with E-state index in [2.05, 4.69) is 21.2 Å². The number of esters is 1. The molecule has 2 amide bonds. The fourth-order valence-corrected chi connectivity index (χ4v) is 3.08. The Morgan fingerprint density at radius 2 is 1.96 bits per heavy atom. The first kappa shape index (κ1) is 19.4. The zero-order chi connectivity index (χ0) is 18.2. The van der Waals surface area contributed by atoms with Crippen LogP contribution in [0.15, 0.2) is 28.7 Å². The minimum Gasteiger partial charge on any atom is -0.469 e. The van der Waals surface area contributed by atoms with Gasteiger partial charge < -0.3 is 15.0 Å². The molecule has 1 heterocycles. The van der Waals surface area contributed by atoms with Crippen molar-refractivity contribution < 1.29 is 19.1 Å². The van der Waals surface area contributed by atoms with E-state index in [-0.39, 0.29) is 24.8 Å². The third-order valence-electron chi connectivity index (χ3n) is 4.21. The Balaban J connectivity index is 2.04. The van der Waals surface area contributed by atoms with Gasteiger partial charge in [-0.3, -0.25) is 14.4 Å². The number of halogens is 1. The molecule has 0 aromatic heterocycles. The molecule has 1 saturated heterocycles. The van der Waals surface area contributed by atoms with Crippen molar-refractivity contribution in [3.8, 4) is 0 Å². The van der Waals surface area contributed by atoms with E-state index in [1.807, 2.05) is 24.3 Å². The van der Waals surface area contributed by atoms with Gasteiger partial charge in [0, 0.05) is 17.4 Å². The number of hydrogen-bond acceptors (Lipinski definition) is 4. The molecule has 1 unspecified atom stereocenters. The zero-order valence-electron chi connectivity index (χ0n) is 14.3. The highest BCUT2D eigenvalue weighted by Crippen LogP contribution is 2.20. The molecule has 1 N–H and O–H groups in total. The van der Waals surface area contributed by atoms with E-state index in [1.165, 1.54) is 7.11 Å². The van der Waals surface area contributed by atoms with Crippen molar-refractivity contribution in [2.75, 3.05) is 20.2 Å². The predicted octanol–water partition coefficient (Wildman–Crippen LogP) is 2.57. The number of methoxy groups -OCH3 is 1. The number of likely N-dealkylation sites (tertiary alicyclic amines) is 1. The second kappa shape index (κ2) is 9.56. The highest BCUT2D eigenvalue weighted by Gasteiger charge is 2.23. The Kier molecular flexibility index (Phi) is 7.43. The summed E-state index contributed by atoms with van der Waals surface area (Å²) in [5.41, 5.74) is 0.809. The first-order valence-corrected chi connectivity index (χ1v) is 9.18. The van der Waals surface area contributed by atoms with Crippen LogP contribution in [0.1, 0.15) is 43.7 Å². The summed E-state index contributed by atoms with van der Waals surface area (Å²) in [5.74, 6) is -0.660. The van der Waals surface area contributed by atoms with Crippen LogP contribution in [0.2, 0.25) is 0 Å². The lowest BCUT2D eigenvalue weighted by Crippen LogP contribution is -2.42. The number of carbonyl (C=O) groups excluding carboxylic acids is 3. The molecular formula is C18H23BrN2O4. The van der Waals surface area contributed by atoms with Crippen LogP contribution in [-0.2, 0) is 19.1 Å². The van der Waals surface area contributed by atoms with E-state index in [4.69, 9.17) is 4.74 Å². The molecule has 0 aliphatic carbocycles. The van der Waals surface area contributed by atoms with E-state index < -0.39 is 12.0 Å². The van der Waals surface area contributed by atoms with E-state index in [1.54, 1.807) is 4.90 Å². The maximum Gasteiger partial charge on any atom is 0.307 e. The van der Waals surface area contributed by atoms with Gasteiger partial charge in [-0.05, 0) is 30.5 Å². The van der Waals surface area contributed by atoms with Crippen molar-refractivity contribution in [2.24, 2.45) is 0 Å². The summed E-state index contributed by atoms with van der Waals surface area (Å²) < 4.78 is 5.64. The number of hydrogen-bond donors (Lipinski definition) is 1. The maximum absolute atomic E-state index is 12.4. The third-order valence-corrected chi connectivity index (χ3v) is 4.74. The number of nitrogens with one attached hydrogen (secondary N) is 1. The fraction of sp³-hybridized carbons (Fsp3) is 0.500. The monoisotopic (exact) mass is 410 g/mol. The van der Waals surface area contributed by atoms with E-state index >= 15 is 0 Å². The number of benzene rings is 1. The highest BCUT2D eigenvalue weighted by molar-refractivity contribution is 9.10. The SMILES string of the molecule is COC(=O)CC(NC(=O)CN1CCCCCC1=O)c1ccc(Br)cc1. The van der Waals surface area contributed by atoms with Crippen LogP contribution in [0.3, 0.4) is 0 Å². The van der Waals surface area contributed by atoms with Crippen molar-refractivity contribution in [1.82, 2.24) is 10.2 Å². The largest absolute Gasteiger partial charge is 0.469 e. The Morgan fingerprint density at radius 3 is 2.64 bits per heavy atom. The van der Waals surface area contributed by atoms with Crippen molar-refractivity contribution in [1.29, 1.82) is 0 Å². The summed E-state index contributed by atoms with van der Waals surface area (Å²) >= 11 is 3.37. The smallest absolute Gasteiger partial charge is 0.307 e. The van der Waals surface area contributed by atoms with E-state index in [0.29, 0.717) is 13.0 Å². The highest BCUT2D eigenvalue weighted by atomic mass is 79.9. The molecule has 0 spiro atoms. The van der Waals surface area contributed by atoms with Crippen LogP contribution in [-0.4, -0.2) is 42.9 Å². The van der Waals surface area contributed by atoms with Crippen LogP contribution in [0.4, 0.5) is 0 Å². The summed E-state index contributed by atoms with van der Waals surface area (Å²) in [7, 11) is 1.32. The quantitative estimate of drug-likeness (QED) is 0.731. The normalized spacial score (nSPS) is 16.1. The maximum atomic E-state index is 12.4. The number of carbonyl (C=O) groups is 3. The Hall–Kier alpha value is -1.89. The number of ether oxygens (including phenoxy) is 1. The van der Waals surface area contributed by atoms with Crippen molar-refractivity contribution >= 4 is 33.7 Å². The lowest BCUT2D eigenvalue weighted by atomic mass is 10.0. The Morgan fingerprint density at radius 1 is 1.24 bits per heavy atom. The second-order valence-electron chi connectivity index (χ2n) is 6.08. The van der Waals surface area contributed by atoms with Gasteiger partial charge in [-0.15, -0.1) is 0 Å². The first-order valence-electron chi connectivity index (χ1n) is 8.39. The van der Waals surface area contributed by atoms with Crippen LogP contribution >= 0.6 is 15.9 Å². The molecule has 136 valence electrons. The molecule has 1 fully saturated rings. The van der Waals surface area contributed by atoms with Crippen molar-refractivity contribution in [3.63, 3.8) is 0 Å². The molecule has 6 nitrogen and oxygen atoms in total. The molecule has 1 aliphatic rings. The van der Waals surface area contributed by atoms with Crippen LogP contribution in [0, 0.1) is 0 Å². The first-order chi connectivity index (χ1) is 12.0. The second-order valence-corrected chi connectivity index (χ2v) is 6.99. The minimum atomic E-state index is -0.491. The molecule has 2 rings (SSSR count). The van der Waals surface area contributed by atoms with Crippen LogP contribution in [0.5, 0.6) is 0 Å². The minimum absolute atomic E-state index is 0.0146. The van der Waals surface area contributed by atoms with Gasteiger partial charge in [-0.2, -0.15) is 0 Å². The summed E-state index contributed by atoms with van der Waals surface area (Å²) in [5, 5.41) is 2.86. The van der Waals surface area contributed by atoms with Crippen LogP contribution in [0.25, 0.3) is 0 Å². The molecule has 0 bridgehead atoms. The van der Waals surface area contributed by atoms with Gasteiger partial charge in [0.15, 0.2) is 0 Å². The number of rotatable bonds is 6. The van der Waals surface area contributed by atoms with Gasteiger partial charge in [0.05, 0.1) is 26.1 Å². The molecule has 1 atom stereocenters. The molecular weight excluding hydrogens is 388 g/mol. The van der Waals surface area contributed by atoms with Gasteiger partial charge in [0.2, 0.25) is 11.8 Å². The Labute approximate surface area is 156 Å². The standard InChI is InChI=1S/C18H23BrN2O4/c1-25-18(24)11-15(13-6-8-14(19)9-7-13)20-16(22)12-21-10-4-2-3-5-17(21)23/h6-9,15H,2-5,10-12H2,1H3,(H,20,22). The number of nitrogens with zero attached hydrogens (tertiary/aromatic N) is 1. The summed E-state index contributed by atoms with van der Waals surface area (Å²) in [6.07, 6.45) is 3.33. The average Bonchev–Trinajstić information content (AvgIpc) is 2.79. The number of amides is 2. The van der Waals surface area contributed by atoms with Gasteiger partial charge >= 0.3 is 5.97 Å². The lowest BCUT2D eigenvalue weighted by molar-refractivity contribution is -0.142. The fourth-order valence-electron chi connectivity index (χ4n) is 2.82. The van der Waals surface area contributed by atoms with Crippen molar-refractivity contribution in [2.45, 2.75) is 38.1 Å². The zero-order valence-corrected chi connectivity index (χ0v) is 15.9. The van der Waals surface area contributed by atoms with Crippen molar-refractivity contribution in [3.05, 3.63) is 34.3 Å². The van der Waals surface area contributed by atoms with E-state index in [9.17, 15) is 14.4 Å². The topological polar surface area (TPSA) is 75.7 Å². The third kappa shape index (κ3) is 6.16.